The maximum Gasteiger partial charge on any atom is 0.256 e. The molecule has 1 aromatic heterocycles. The van der Waals surface area contributed by atoms with Crippen LogP contribution in [0.5, 0.6) is 0 Å². The second-order valence-electron chi connectivity index (χ2n) is 3.79. The first-order valence-electron chi connectivity index (χ1n) is 5.13. The molecule has 0 atom stereocenters. The number of anilines is 1. The lowest BCUT2D eigenvalue weighted by molar-refractivity contribution is 0.102. The summed E-state index contributed by atoms with van der Waals surface area (Å²) in [4.78, 5) is 11.8. The molecular weight excluding hydrogens is 221 g/mol. The molecule has 1 aromatic carbocycles. The standard InChI is InChI=1S/C12H12FN3O/c1-8-7-9(3-4-10(8)13)12(17)14-11-5-6-16(2)15-11/h3-7H,1-2H3,(H,14,15,17). The number of aryl methyl sites for hydroxylation is 2. The van der Waals surface area contributed by atoms with Crippen molar-refractivity contribution in [3.8, 4) is 0 Å². The van der Waals surface area contributed by atoms with Crippen LogP contribution in [0.1, 0.15) is 15.9 Å². The van der Waals surface area contributed by atoms with E-state index in [2.05, 4.69) is 10.4 Å². The highest BCUT2D eigenvalue weighted by atomic mass is 19.1. The van der Waals surface area contributed by atoms with E-state index in [1.165, 1.54) is 18.2 Å². The third-order valence-electron chi connectivity index (χ3n) is 2.38. The number of nitrogens with zero attached hydrogens (tertiary/aromatic N) is 2. The number of carbonyl (C=O) groups excluding carboxylic acids is 1. The summed E-state index contributed by atoms with van der Waals surface area (Å²) in [6, 6.07) is 5.92. The molecule has 0 aliphatic carbocycles. The van der Waals surface area contributed by atoms with Gasteiger partial charge in [-0.1, -0.05) is 0 Å². The van der Waals surface area contributed by atoms with Crippen molar-refractivity contribution in [2.45, 2.75) is 6.92 Å². The van der Waals surface area contributed by atoms with Gasteiger partial charge >= 0.3 is 0 Å². The molecular formula is C12H12FN3O. The van der Waals surface area contributed by atoms with Gasteiger partial charge in [-0.05, 0) is 30.7 Å². The molecule has 0 aliphatic heterocycles. The number of nitrogens with one attached hydrogen (secondary N) is 1. The van der Waals surface area contributed by atoms with Gasteiger partial charge in [-0.15, -0.1) is 0 Å². The predicted octanol–water partition coefficient (Wildman–Crippen LogP) is 2.12. The lowest BCUT2D eigenvalue weighted by Gasteiger charge is -2.03. The Kier molecular flexibility index (Phi) is 2.91. The number of amides is 1. The van der Waals surface area contributed by atoms with Crippen LogP contribution in [-0.4, -0.2) is 15.7 Å². The Morgan fingerprint density at radius 2 is 2.18 bits per heavy atom. The Balaban J connectivity index is 2.17. The van der Waals surface area contributed by atoms with Crippen LogP contribution in [0.2, 0.25) is 0 Å². The van der Waals surface area contributed by atoms with Crippen LogP contribution in [0.4, 0.5) is 10.2 Å². The average Bonchev–Trinajstić information content (AvgIpc) is 2.68. The van der Waals surface area contributed by atoms with Crippen LogP contribution in [0.25, 0.3) is 0 Å². The zero-order valence-electron chi connectivity index (χ0n) is 9.57. The molecule has 2 aromatic rings. The molecule has 4 nitrogen and oxygen atoms in total. The molecule has 1 N–H and O–H groups in total. The van der Waals surface area contributed by atoms with Crippen molar-refractivity contribution < 1.29 is 9.18 Å². The first-order valence-corrected chi connectivity index (χ1v) is 5.13. The van der Waals surface area contributed by atoms with Gasteiger partial charge in [-0.3, -0.25) is 9.48 Å². The van der Waals surface area contributed by atoms with Crippen LogP contribution in [0.15, 0.2) is 30.5 Å². The van der Waals surface area contributed by atoms with Crippen molar-refractivity contribution in [3.05, 3.63) is 47.4 Å². The molecule has 0 spiro atoms. The van der Waals surface area contributed by atoms with E-state index in [1.54, 1.807) is 30.9 Å². The number of carbonyl (C=O) groups is 1. The molecule has 2 rings (SSSR count). The monoisotopic (exact) mass is 233 g/mol. The maximum atomic E-state index is 13.0. The Bertz CT molecular complexity index is 563. The Morgan fingerprint density at radius 1 is 1.41 bits per heavy atom. The summed E-state index contributed by atoms with van der Waals surface area (Å²) >= 11 is 0. The number of aromatic nitrogens is 2. The minimum absolute atomic E-state index is 0.299. The van der Waals surface area contributed by atoms with E-state index in [1.807, 2.05) is 0 Å². The molecule has 5 heteroatoms. The van der Waals surface area contributed by atoms with Crippen LogP contribution in [0, 0.1) is 12.7 Å². The van der Waals surface area contributed by atoms with Crippen molar-refractivity contribution in [1.29, 1.82) is 0 Å². The number of benzene rings is 1. The van der Waals surface area contributed by atoms with E-state index in [0.717, 1.165) is 0 Å². The molecule has 1 heterocycles. The highest BCUT2D eigenvalue weighted by molar-refractivity contribution is 6.03. The fourth-order valence-electron chi connectivity index (χ4n) is 1.46. The Hall–Kier alpha value is -2.17. The van der Waals surface area contributed by atoms with Crippen LogP contribution in [0.3, 0.4) is 0 Å². The summed E-state index contributed by atoms with van der Waals surface area (Å²) in [6.45, 7) is 1.62. The molecule has 17 heavy (non-hydrogen) atoms. The smallest absolute Gasteiger partial charge is 0.256 e. The highest BCUT2D eigenvalue weighted by Gasteiger charge is 2.09. The van der Waals surface area contributed by atoms with Crippen molar-refractivity contribution in [3.63, 3.8) is 0 Å². The van der Waals surface area contributed by atoms with Gasteiger partial charge in [0.15, 0.2) is 5.82 Å². The maximum absolute atomic E-state index is 13.0. The first-order chi connectivity index (χ1) is 8.06. The third-order valence-corrected chi connectivity index (χ3v) is 2.38. The summed E-state index contributed by atoms with van der Waals surface area (Å²) in [6.07, 6.45) is 1.73. The van der Waals surface area contributed by atoms with Gasteiger partial charge in [0.2, 0.25) is 0 Å². The number of halogens is 1. The number of hydrogen-bond acceptors (Lipinski definition) is 2. The van der Waals surface area contributed by atoms with E-state index in [-0.39, 0.29) is 11.7 Å². The van der Waals surface area contributed by atoms with E-state index < -0.39 is 0 Å². The number of hydrogen-bond donors (Lipinski definition) is 1. The summed E-state index contributed by atoms with van der Waals surface area (Å²) in [7, 11) is 1.76. The minimum atomic E-state index is -0.320. The summed E-state index contributed by atoms with van der Waals surface area (Å²) in [5.74, 6) is -0.148. The van der Waals surface area contributed by atoms with Gasteiger partial charge in [0, 0.05) is 24.9 Å². The van der Waals surface area contributed by atoms with E-state index in [0.29, 0.717) is 16.9 Å². The summed E-state index contributed by atoms with van der Waals surface area (Å²) < 4.78 is 14.6. The predicted molar refractivity (Wildman–Crippen MR) is 62.3 cm³/mol. The lowest BCUT2D eigenvalue weighted by Crippen LogP contribution is -2.12. The average molecular weight is 233 g/mol. The van der Waals surface area contributed by atoms with Crippen molar-refractivity contribution in [1.82, 2.24) is 9.78 Å². The van der Waals surface area contributed by atoms with E-state index in [4.69, 9.17) is 0 Å². The highest BCUT2D eigenvalue weighted by Crippen LogP contribution is 2.11. The molecule has 0 saturated carbocycles. The normalized spacial score (nSPS) is 10.3. The lowest BCUT2D eigenvalue weighted by atomic mass is 10.1. The van der Waals surface area contributed by atoms with Crippen molar-refractivity contribution in [2.75, 3.05) is 5.32 Å². The molecule has 0 bridgehead atoms. The Labute approximate surface area is 98.1 Å². The molecule has 0 aliphatic rings. The van der Waals surface area contributed by atoms with Gasteiger partial charge in [-0.25, -0.2) is 4.39 Å². The van der Waals surface area contributed by atoms with Crippen LogP contribution in [-0.2, 0) is 7.05 Å². The van der Waals surface area contributed by atoms with Gasteiger partial charge in [0.1, 0.15) is 5.82 Å². The fourth-order valence-corrected chi connectivity index (χ4v) is 1.46. The van der Waals surface area contributed by atoms with Crippen molar-refractivity contribution in [2.24, 2.45) is 7.05 Å². The van der Waals surface area contributed by atoms with E-state index in [9.17, 15) is 9.18 Å². The molecule has 0 saturated heterocycles. The molecule has 0 radical (unpaired) electrons. The molecule has 1 amide bonds. The fraction of sp³-hybridized carbons (Fsp3) is 0.167. The molecule has 0 fully saturated rings. The van der Waals surface area contributed by atoms with Gasteiger partial charge in [-0.2, -0.15) is 5.10 Å². The first kappa shape index (κ1) is 11.3. The second kappa shape index (κ2) is 4.37. The zero-order valence-corrected chi connectivity index (χ0v) is 9.57. The van der Waals surface area contributed by atoms with Gasteiger partial charge in [0.05, 0.1) is 0 Å². The van der Waals surface area contributed by atoms with Gasteiger partial charge in [0.25, 0.3) is 5.91 Å². The minimum Gasteiger partial charge on any atom is -0.305 e. The zero-order chi connectivity index (χ0) is 12.4. The quantitative estimate of drug-likeness (QED) is 0.863. The van der Waals surface area contributed by atoms with E-state index >= 15 is 0 Å². The van der Waals surface area contributed by atoms with Crippen LogP contribution < -0.4 is 5.32 Å². The van der Waals surface area contributed by atoms with Gasteiger partial charge < -0.3 is 5.32 Å². The largest absolute Gasteiger partial charge is 0.305 e. The summed E-state index contributed by atoms with van der Waals surface area (Å²) in [5.41, 5.74) is 0.855. The molecule has 0 unspecified atom stereocenters. The summed E-state index contributed by atoms with van der Waals surface area (Å²) in [5, 5.41) is 6.66. The second-order valence-corrected chi connectivity index (χ2v) is 3.79. The molecule has 88 valence electrons. The number of rotatable bonds is 2. The van der Waals surface area contributed by atoms with Crippen molar-refractivity contribution >= 4 is 11.7 Å². The van der Waals surface area contributed by atoms with Crippen LogP contribution >= 0.6 is 0 Å². The SMILES string of the molecule is Cc1cc(C(=O)Nc2ccn(C)n2)ccc1F. The third kappa shape index (κ3) is 2.50. The Morgan fingerprint density at radius 3 is 2.76 bits per heavy atom. The topological polar surface area (TPSA) is 46.9 Å².